The fourth-order valence-electron chi connectivity index (χ4n) is 1.76. The first-order valence-corrected chi connectivity index (χ1v) is 7.00. The molecule has 102 valence electrons. The quantitative estimate of drug-likeness (QED) is 0.767. The molecular formula is C15H27N3. The number of nitrogens with zero attached hydrogens (tertiary/aromatic N) is 2. The highest BCUT2D eigenvalue weighted by atomic mass is 15.2. The summed E-state index contributed by atoms with van der Waals surface area (Å²) in [6.07, 6.45) is 4.42. The lowest BCUT2D eigenvalue weighted by molar-refractivity contribution is 0.552. The van der Waals surface area contributed by atoms with Crippen LogP contribution in [0.1, 0.15) is 39.2 Å². The van der Waals surface area contributed by atoms with Crippen LogP contribution in [0.4, 0.5) is 5.82 Å². The van der Waals surface area contributed by atoms with Crippen LogP contribution in [0.15, 0.2) is 18.3 Å². The second kappa shape index (κ2) is 8.09. The zero-order valence-corrected chi connectivity index (χ0v) is 12.2. The maximum absolute atomic E-state index is 4.52. The van der Waals surface area contributed by atoms with Gasteiger partial charge in [-0.2, -0.15) is 0 Å². The second-order valence-corrected chi connectivity index (χ2v) is 5.32. The third-order valence-corrected chi connectivity index (χ3v) is 2.93. The van der Waals surface area contributed by atoms with Crippen molar-refractivity contribution in [1.29, 1.82) is 0 Å². The molecule has 1 aromatic heterocycles. The maximum Gasteiger partial charge on any atom is 0.128 e. The van der Waals surface area contributed by atoms with Crippen molar-refractivity contribution in [3.8, 4) is 0 Å². The Labute approximate surface area is 112 Å². The van der Waals surface area contributed by atoms with Crippen molar-refractivity contribution in [2.45, 2.75) is 40.2 Å². The topological polar surface area (TPSA) is 28.2 Å². The van der Waals surface area contributed by atoms with Gasteiger partial charge in [0.1, 0.15) is 5.82 Å². The minimum atomic E-state index is 0.692. The lowest BCUT2D eigenvalue weighted by Gasteiger charge is -2.17. The number of hydrogen-bond donors (Lipinski definition) is 1. The van der Waals surface area contributed by atoms with Crippen molar-refractivity contribution in [1.82, 2.24) is 10.3 Å². The van der Waals surface area contributed by atoms with E-state index in [9.17, 15) is 0 Å². The summed E-state index contributed by atoms with van der Waals surface area (Å²) in [5.41, 5.74) is 1.25. The Kier molecular flexibility index (Phi) is 6.73. The minimum Gasteiger partial charge on any atom is -0.360 e. The molecule has 0 aliphatic heterocycles. The summed E-state index contributed by atoms with van der Waals surface area (Å²) in [5, 5.41) is 3.43. The number of nitrogens with one attached hydrogen (secondary N) is 1. The van der Waals surface area contributed by atoms with E-state index in [-0.39, 0.29) is 0 Å². The Morgan fingerprint density at radius 2 is 2.11 bits per heavy atom. The molecule has 1 N–H and O–H groups in total. The molecule has 0 saturated carbocycles. The van der Waals surface area contributed by atoms with E-state index in [1.54, 1.807) is 0 Å². The van der Waals surface area contributed by atoms with Crippen LogP contribution in [0.25, 0.3) is 0 Å². The van der Waals surface area contributed by atoms with Crippen LogP contribution in [-0.2, 0) is 6.54 Å². The van der Waals surface area contributed by atoms with Crippen LogP contribution in [0.5, 0.6) is 0 Å². The van der Waals surface area contributed by atoms with Crippen LogP contribution in [0, 0.1) is 5.92 Å². The van der Waals surface area contributed by atoms with Crippen LogP contribution in [-0.4, -0.2) is 25.1 Å². The first kappa shape index (κ1) is 15.0. The summed E-state index contributed by atoms with van der Waals surface area (Å²) in [6, 6.07) is 4.28. The van der Waals surface area contributed by atoms with E-state index in [1.807, 2.05) is 6.20 Å². The Morgan fingerprint density at radius 1 is 1.33 bits per heavy atom. The summed E-state index contributed by atoms with van der Waals surface area (Å²) in [7, 11) is 2.11. The molecule has 0 spiro atoms. The summed E-state index contributed by atoms with van der Waals surface area (Å²) < 4.78 is 0. The normalized spacial score (nSPS) is 10.9. The maximum atomic E-state index is 4.52. The van der Waals surface area contributed by atoms with Gasteiger partial charge in [-0.05, 0) is 30.5 Å². The predicted octanol–water partition coefficient (Wildman–Crippen LogP) is 3.06. The van der Waals surface area contributed by atoms with Crippen LogP contribution in [0.3, 0.4) is 0 Å². The molecule has 3 nitrogen and oxygen atoms in total. The molecule has 0 radical (unpaired) electrons. The third kappa shape index (κ3) is 5.50. The third-order valence-electron chi connectivity index (χ3n) is 2.93. The molecule has 0 saturated heterocycles. The molecule has 0 atom stereocenters. The van der Waals surface area contributed by atoms with Crippen molar-refractivity contribution in [2.24, 2.45) is 5.92 Å². The van der Waals surface area contributed by atoms with Gasteiger partial charge >= 0.3 is 0 Å². The highest BCUT2D eigenvalue weighted by Crippen LogP contribution is 2.10. The number of hydrogen-bond acceptors (Lipinski definition) is 3. The SMILES string of the molecule is CCCCN(C)c1ccc(CNCC(C)C)cn1. The summed E-state index contributed by atoms with van der Waals surface area (Å²) in [6.45, 7) is 9.69. The van der Waals surface area contributed by atoms with Crippen molar-refractivity contribution < 1.29 is 0 Å². The van der Waals surface area contributed by atoms with Crippen molar-refractivity contribution in [2.75, 3.05) is 25.0 Å². The Balaban J connectivity index is 2.41. The van der Waals surface area contributed by atoms with Gasteiger partial charge in [-0.1, -0.05) is 33.3 Å². The van der Waals surface area contributed by atoms with Crippen LogP contribution in [0.2, 0.25) is 0 Å². The number of unbranched alkanes of at least 4 members (excludes halogenated alkanes) is 1. The zero-order chi connectivity index (χ0) is 13.4. The Hall–Kier alpha value is -1.09. The molecule has 18 heavy (non-hydrogen) atoms. The molecule has 1 heterocycles. The van der Waals surface area contributed by atoms with Crippen molar-refractivity contribution >= 4 is 5.82 Å². The van der Waals surface area contributed by atoms with E-state index in [4.69, 9.17) is 0 Å². The molecule has 0 aliphatic rings. The zero-order valence-electron chi connectivity index (χ0n) is 12.2. The molecule has 1 aromatic rings. The van der Waals surface area contributed by atoms with E-state index in [2.05, 4.69) is 55.2 Å². The number of anilines is 1. The largest absolute Gasteiger partial charge is 0.360 e. The van der Waals surface area contributed by atoms with Gasteiger partial charge in [0, 0.05) is 26.3 Å². The Bertz CT molecular complexity index is 319. The highest BCUT2D eigenvalue weighted by Gasteiger charge is 2.02. The second-order valence-electron chi connectivity index (χ2n) is 5.32. The molecular weight excluding hydrogens is 222 g/mol. The lowest BCUT2D eigenvalue weighted by atomic mass is 10.2. The minimum absolute atomic E-state index is 0.692. The van der Waals surface area contributed by atoms with Crippen LogP contribution < -0.4 is 10.2 Å². The number of pyridine rings is 1. The molecule has 1 rings (SSSR count). The van der Waals surface area contributed by atoms with Gasteiger partial charge in [-0.25, -0.2) is 4.98 Å². The molecule has 0 bridgehead atoms. The standard InChI is InChI=1S/C15H27N3/c1-5-6-9-18(4)15-8-7-14(12-17-15)11-16-10-13(2)3/h7-8,12-13,16H,5-6,9-11H2,1-4H3. The molecule has 0 unspecified atom stereocenters. The van der Waals surface area contributed by atoms with Gasteiger partial charge in [-0.15, -0.1) is 0 Å². The average molecular weight is 249 g/mol. The van der Waals surface area contributed by atoms with Gasteiger partial charge in [0.25, 0.3) is 0 Å². The lowest BCUT2D eigenvalue weighted by Crippen LogP contribution is -2.21. The predicted molar refractivity (Wildman–Crippen MR) is 79.0 cm³/mol. The Morgan fingerprint density at radius 3 is 2.67 bits per heavy atom. The van der Waals surface area contributed by atoms with Crippen molar-refractivity contribution in [3.05, 3.63) is 23.9 Å². The molecule has 0 amide bonds. The van der Waals surface area contributed by atoms with Gasteiger partial charge in [-0.3, -0.25) is 0 Å². The van der Waals surface area contributed by atoms with E-state index in [1.165, 1.54) is 18.4 Å². The van der Waals surface area contributed by atoms with E-state index >= 15 is 0 Å². The smallest absolute Gasteiger partial charge is 0.128 e. The summed E-state index contributed by atoms with van der Waals surface area (Å²) in [5.74, 6) is 1.76. The number of rotatable bonds is 8. The molecule has 0 aliphatic carbocycles. The first-order valence-electron chi connectivity index (χ1n) is 7.00. The monoisotopic (exact) mass is 249 g/mol. The molecule has 0 fully saturated rings. The molecule has 3 heteroatoms. The number of aromatic nitrogens is 1. The van der Waals surface area contributed by atoms with Gasteiger partial charge < -0.3 is 10.2 Å². The van der Waals surface area contributed by atoms with E-state index in [0.717, 1.165) is 25.5 Å². The average Bonchev–Trinajstić information content (AvgIpc) is 2.36. The summed E-state index contributed by atoms with van der Waals surface area (Å²) in [4.78, 5) is 6.73. The fraction of sp³-hybridized carbons (Fsp3) is 0.667. The molecule has 0 aromatic carbocycles. The highest BCUT2D eigenvalue weighted by molar-refractivity contribution is 5.38. The van der Waals surface area contributed by atoms with Gasteiger partial charge in [0.05, 0.1) is 0 Å². The summed E-state index contributed by atoms with van der Waals surface area (Å²) >= 11 is 0. The van der Waals surface area contributed by atoms with Gasteiger partial charge in [0.2, 0.25) is 0 Å². The van der Waals surface area contributed by atoms with E-state index < -0.39 is 0 Å². The van der Waals surface area contributed by atoms with E-state index in [0.29, 0.717) is 5.92 Å². The first-order chi connectivity index (χ1) is 8.63. The van der Waals surface area contributed by atoms with Gasteiger partial charge in [0.15, 0.2) is 0 Å². The van der Waals surface area contributed by atoms with Crippen LogP contribution >= 0.6 is 0 Å². The fourth-order valence-corrected chi connectivity index (χ4v) is 1.76. The van der Waals surface area contributed by atoms with Crippen molar-refractivity contribution in [3.63, 3.8) is 0 Å².